The van der Waals surface area contributed by atoms with E-state index in [9.17, 15) is 9.90 Å². The van der Waals surface area contributed by atoms with Crippen LogP contribution in [0.15, 0.2) is 0 Å². The number of hydrogen-bond acceptors (Lipinski definition) is 3. The topological polar surface area (TPSA) is 75.8 Å². The smallest absolute Gasteiger partial charge is 0.407 e. The van der Waals surface area contributed by atoms with Gasteiger partial charge in [-0.05, 0) is 38.9 Å². The molecule has 3 N–H and O–H groups in total. The first-order valence-electron chi connectivity index (χ1n) is 7.11. The molecule has 0 heterocycles. The van der Waals surface area contributed by atoms with Gasteiger partial charge < -0.3 is 20.2 Å². The lowest BCUT2D eigenvalue weighted by atomic mass is 10.1. The molecule has 0 aromatic carbocycles. The molecule has 120 valence electrons. The maximum absolute atomic E-state index is 11.4. The molecule has 0 aliphatic heterocycles. The molecule has 0 saturated carbocycles. The summed E-state index contributed by atoms with van der Waals surface area (Å²) in [5.74, 6) is 0. The Hall–Kier alpha value is -0.593. The molecule has 0 bridgehead atoms. The van der Waals surface area contributed by atoms with Gasteiger partial charge in [0.15, 0.2) is 8.32 Å². The highest BCUT2D eigenvalue weighted by Gasteiger charge is 2.40. The van der Waals surface area contributed by atoms with E-state index in [2.05, 4.69) is 33.9 Å². The minimum absolute atomic E-state index is 0.0796. The number of carbonyl (C=O) groups is 1. The Morgan fingerprint density at radius 3 is 1.95 bits per heavy atom. The Kier molecular flexibility index (Phi) is 6.26. The van der Waals surface area contributed by atoms with E-state index in [0.717, 1.165) is 0 Å². The molecular formula is C14H32N2O3Si. The Labute approximate surface area is 124 Å². The lowest BCUT2D eigenvalue weighted by Gasteiger charge is -2.42. The summed E-state index contributed by atoms with van der Waals surface area (Å²) in [5, 5.41) is 9.43. The molecule has 0 radical (unpaired) electrons. The number of nitrogens with zero attached hydrogens (tertiary/aromatic N) is 1. The summed E-state index contributed by atoms with van der Waals surface area (Å²) in [5.41, 5.74) is 5.33. The van der Waals surface area contributed by atoms with Crippen LogP contribution in [-0.2, 0) is 4.43 Å². The molecule has 0 fully saturated rings. The molecule has 0 saturated heterocycles. The largest absolute Gasteiger partial charge is 0.465 e. The van der Waals surface area contributed by atoms with E-state index in [4.69, 9.17) is 10.2 Å². The quantitative estimate of drug-likeness (QED) is 0.765. The van der Waals surface area contributed by atoms with Gasteiger partial charge in [0.25, 0.3) is 0 Å². The third-order valence-corrected chi connectivity index (χ3v) is 8.49. The first-order chi connectivity index (χ1) is 8.72. The second kappa shape index (κ2) is 6.45. The lowest BCUT2D eigenvalue weighted by molar-refractivity contribution is 0.0625. The van der Waals surface area contributed by atoms with E-state index in [1.807, 2.05) is 20.8 Å². The molecule has 1 atom stereocenters. The Morgan fingerprint density at radius 2 is 1.70 bits per heavy atom. The first kappa shape index (κ1) is 19.4. The minimum atomic E-state index is -1.95. The summed E-state index contributed by atoms with van der Waals surface area (Å²) in [6.45, 7) is 17.0. The number of carboxylic acid groups (broad SMARTS) is 1. The molecule has 0 rings (SSSR count). The summed E-state index contributed by atoms with van der Waals surface area (Å²) >= 11 is 0. The molecule has 1 amide bonds. The molecule has 0 aliphatic carbocycles. The highest BCUT2D eigenvalue weighted by Crippen LogP contribution is 2.37. The summed E-state index contributed by atoms with van der Waals surface area (Å²) < 4.78 is 6.24. The van der Waals surface area contributed by atoms with Gasteiger partial charge in [0.2, 0.25) is 0 Å². The Bertz CT molecular complexity index is 332. The van der Waals surface area contributed by atoms with Crippen molar-refractivity contribution in [2.45, 2.75) is 71.3 Å². The zero-order valence-corrected chi connectivity index (χ0v) is 15.3. The van der Waals surface area contributed by atoms with Crippen LogP contribution in [-0.4, -0.2) is 49.1 Å². The van der Waals surface area contributed by atoms with E-state index >= 15 is 0 Å². The van der Waals surface area contributed by atoms with Gasteiger partial charge in [0.1, 0.15) is 0 Å². The maximum atomic E-state index is 11.4. The lowest BCUT2D eigenvalue weighted by Crippen LogP contribution is -2.54. The monoisotopic (exact) mass is 304 g/mol. The van der Waals surface area contributed by atoms with Crippen molar-refractivity contribution in [1.82, 2.24) is 4.90 Å². The van der Waals surface area contributed by atoms with Crippen LogP contribution >= 0.6 is 0 Å². The van der Waals surface area contributed by atoms with Gasteiger partial charge in [-0.15, -0.1) is 0 Å². The molecule has 5 nitrogen and oxygen atoms in total. The summed E-state index contributed by atoms with van der Waals surface area (Å²) in [6, 6.07) is 0. The SMILES string of the molecule is CC(C)(C)N(C[C@H](CN)O[Si](C)(C)C(C)(C)C)C(=O)O. The fourth-order valence-corrected chi connectivity index (χ4v) is 2.95. The van der Waals surface area contributed by atoms with E-state index in [0.29, 0.717) is 13.1 Å². The van der Waals surface area contributed by atoms with Gasteiger partial charge >= 0.3 is 6.09 Å². The second-order valence-electron chi connectivity index (χ2n) is 7.80. The van der Waals surface area contributed by atoms with Crippen molar-refractivity contribution in [2.75, 3.05) is 13.1 Å². The third kappa shape index (κ3) is 5.42. The molecule has 6 heteroatoms. The predicted molar refractivity (Wildman–Crippen MR) is 85.6 cm³/mol. The first-order valence-corrected chi connectivity index (χ1v) is 10.0. The van der Waals surface area contributed by atoms with Crippen molar-refractivity contribution in [2.24, 2.45) is 5.73 Å². The molecule has 0 aromatic rings. The van der Waals surface area contributed by atoms with Gasteiger partial charge in [-0.1, -0.05) is 20.8 Å². The third-order valence-electron chi connectivity index (χ3n) is 3.96. The molecule has 0 spiro atoms. The van der Waals surface area contributed by atoms with Crippen LogP contribution in [0.3, 0.4) is 0 Å². The van der Waals surface area contributed by atoms with Gasteiger partial charge in [0, 0.05) is 12.1 Å². The molecular weight excluding hydrogens is 272 g/mol. The van der Waals surface area contributed by atoms with Crippen LogP contribution in [0.5, 0.6) is 0 Å². The van der Waals surface area contributed by atoms with E-state index in [1.54, 1.807) is 0 Å². The minimum Gasteiger partial charge on any atom is -0.465 e. The maximum Gasteiger partial charge on any atom is 0.407 e. The van der Waals surface area contributed by atoms with Crippen molar-refractivity contribution in [3.8, 4) is 0 Å². The van der Waals surface area contributed by atoms with Crippen LogP contribution in [0.1, 0.15) is 41.5 Å². The zero-order valence-electron chi connectivity index (χ0n) is 14.3. The van der Waals surface area contributed by atoms with Gasteiger partial charge in [-0.3, -0.25) is 0 Å². The van der Waals surface area contributed by atoms with Crippen molar-refractivity contribution < 1.29 is 14.3 Å². The average molecular weight is 305 g/mol. The van der Waals surface area contributed by atoms with Crippen molar-refractivity contribution in [1.29, 1.82) is 0 Å². The normalized spacial score (nSPS) is 15.1. The van der Waals surface area contributed by atoms with Gasteiger partial charge in [-0.25, -0.2) is 4.79 Å². The number of rotatable bonds is 5. The molecule has 20 heavy (non-hydrogen) atoms. The highest BCUT2D eigenvalue weighted by molar-refractivity contribution is 6.74. The molecule has 0 unspecified atom stereocenters. The van der Waals surface area contributed by atoms with Crippen LogP contribution in [0.25, 0.3) is 0 Å². The van der Waals surface area contributed by atoms with Crippen molar-refractivity contribution in [3.05, 3.63) is 0 Å². The van der Waals surface area contributed by atoms with Crippen LogP contribution in [0.4, 0.5) is 4.79 Å². The highest BCUT2D eigenvalue weighted by atomic mass is 28.4. The molecule has 0 aromatic heterocycles. The fourth-order valence-electron chi connectivity index (χ4n) is 1.60. The van der Waals surface area contributed by atoms with Crippen molar-refractivity contribution in [3.63, 3.8) is 0 Å². The van der Waals surface area contributed by atoms with Crippen LogP contribution in [0.2, 0.25) is 18.1 Å². The summed E-state index contributed by atoms with van der Waals surface area (Å²) in [7, 11) is -1.95. The Morgan fingerprint density at radius 1 is 1.25 bits per heavy atom. The zero-order chi connectivity index (χ0) is 16.4. The Balaban J connectivity index is 4.99. The van der Waals surface area contributed by atoms with E-state index < -0.39 is 19.9 Å². The average Bonchev–Trinajstić information content (AvgIpc) is 2.19. The number of nitrogens with two attached hydrogens (primary N) is 1. The number of amides is 1. The van der Waals surface area contributed by atoms with Crippen LogP contribution < -0.4 is 5.73 Å². The standard InChI is InChI=1S/C14H32N2O3Si/c1-13(2,3)16(12(17)18)10-11(9-15)19-20(7,8)14(4,5)6/h11H,9-10,15H2,1-8H3,(H,17,18)/t11-/m0/s1. The van der Waals surface area contributed by atoms with E-state index in [-0.39, 0.29) is 11.1 Å². The van der Waals surface area contributed by atoms with Gasteiger partial charge in [0.05, 0.1) is 12.6 Å². The van der Waals surface area contributed by atoms with Crippen molar-refractivity contribution >= 4 is 14.4 Å². The number of hydrogen-bond donors (Lipinski definition) is 2. The molecule has 0 aliphatic rings. The summed E-state index contributed by atoms with van der Waals surface area (Å²) in [4.78, 5) is 12.8. The predicted octanol–water partition coefficient (Wildman–Crippen LogP) is 3.11. The van der Waals surface area contributed by atoms with Gasteiger partial charge in [-0.2, -0.15) is 0 Å². The van der Waals surface area contributed by atoms with Crippen LogP contribution in [0, 0.1) is 0 Å². The summed E-state index contributed by atoms with van der Waals surface area (Å²) in [6.07, 6.45) is -1.19. The van der Waals surface area contributed by atoms with E-state index in [1.165, 1.54) is 4.90 Å². The second-order valence-corrected chi connectivity index (χ2v) is 12.6. The fraction of sp³-hybridized carbons (Fsp3) is 0.929.